The lowest BCUT2D eigenvalue weighted by Gasteiger charge is -2.40. The first-order chi connectivity index (χ1) is 12.9. The van der Waals surface area contributed by atoms with E-state index < -0.39 is 0 Å². The number of nitriles is 1. The van der Waals surface area contributed by atoms with Crippen molar-refractivity contribution < 1.29 is 18.9 Å². The van der Waals surface area contributed by atoms with Crippen LogP contribution in [0.5, 0.6) is 0 Å². The molecule has 0 aromatic carbocycles. The first-order valence-electron chi connectivity index (χ1n) is 10.5. The molecule has 2 atom stereocenters. The van der Waals surface area contributed by atoms with Gasteiger partial charge in [-0.1, -0.05) is 0 Å². The predicted molar refractivity (Wildman–Crippen MR) is 102 cm³/mol. The summed E-state index contributed by atoms with van der Waals surface area (Å²) in [6, 6.07) is 2.26. The molecule has 1 saturated carbocycles. The van der Waals surface area contributed by atoms with Gasteiger partial charge in [0.25, 0.3) is 0 Å². The van der Waals surface area contributed by atoms with E-state index in [1.807, 2.05) is 0 Å². The van der Waals surface area contributed by atoms with Crippen molar-refractivity contribution in [3.8, 4) is 6.07 Å². The van der Waals surface area contributed by atoms with Gasteiger partial charge in [-0.3, -0.25) is 4.90 Å². The van der Waals surface area contributed by atoms with Crippen molar-refractivity contribution in [2.75, 3.05) is 52.7 Å². The molecule has 2 saturated heterocycles. The highest BCUT2D eigenvalue weighted by Crippen LogP contribution is 2.47. The Morgan fingerprint density at radius 1 is 1.15 bits per heavy atom. The molecule has 27 heavy (non-hydrogen) atoms. The van der Waals surface area contributed by atoms with Crippen LogP contribution in [0.1, 0.15) is 46.5 Å². The van der Waals surface area contributed by atoms with Gasteiger partial charge in [-0.15, -0.1) is 0 Å². The Kier molecular flexibility index (Phi) is 7.15. The molecule has 154 valence electrons. The minimum atomic E-state index is -0.0861. The first kappa shape index (κ1) is 21.0. The molecular formula is C21H36N2O4. The van der Waals surface area contributed by atoms with Crippen molar-refractivity contribution in [1.29, 1.82) is 5.26 Å². The van der Waals surface area contributed by atoms with Crippen LogP contribution in [0.3, 0.4) is 0 Å². The minimum Gasteiger partial charge on any atom is -0.380 e. The molecule has 0 bridgehead atoms. The molecule has 6 heteroatoms. The van der Waals surface area contributed by atoms with E-state index >= 15 is 0 Å². The molecule has 0 aromatic heterocycles. The van der Waals surface area contributed by atoms with E-state index in [4.69, 9.17) is 24.2 Å². The summed E-state index contributed by atoms with van der Waals surface area (Å²) in [5.74, 6) is 0. The molecule has 2 aliphatic heterocycles. The van der Waals surface area contributed by atoms with Gasteiger partial charge in [-0.05, 0) is 33.6 Å². The zero-order valence-corrected chi connectivity index (χ0v) is 17.2. The summed E-state index contributed by atoms with van der Waals surface area (Å²) in [7, 11) is 0. The minimum absolute atomic E-state index is 0.0861. The SMILES string of the molecule is CC(C)OCC1(CN2CCOC(CC(C)OCC3(CC#N)COC3)C2)CC1. The van der Waals surface area contributed by atoms with E-state index in [0.29, 0.717) is 37.8 Å². The number of morpholine rings is 1. The van der Waals surface area contributed by atoms with Gasteiger partial charge in [0.2, 0.25) is 0 Å². The van der Waals surface area contributed by atoms with E-state index in [1.54, 1.807) is 0 Å². The molecule has 3 aliphatic rings. The van der Waals surface area contributed by atoms with Crippen LogP contribution < -0.4 is 0 Å². The highest BCUT2D eigenvalue weighted by atomic mass is 16.5. The second-order valence-corrected chi connectivity index (χ2v) is 9.27. The topological polar surface area (TPSA) is 64.0 Å². The molecule has 2 heterocycles. The van der Waals surface area contributed by atoms with Crippen molar-refractivity contribution in [3.05, 3.63) is 0 Å². The van der Waals surface area contributed by atoms with Crippen LogP contribution >= 0.6 is 0 Å². The third kappa shape index (κ3) is 6.13. The Balaban J connectivity index is 1.38. The first-order valence-corrected chi connectivity index (χ1v) is 10.5. The molecule has 6 nitrogen and oxygen atoms in total. The standard InChI is InChI=1S/C21H36N2O4/c1-17(2)26-15-20(4-5-20)12-23-8-9-25-19(11-23)10-18(3)27-16-21(6-7-22)13-24-14-21/h17-19H,4-6,8-16H2,1-3H3. The molecule has 0 amide bonds. The highest BCUT2D eigenvalue weighted by Gasteiger charge is 2.45. The Labute approximate surface area is 164 Å². The van der Waals surface area contributed by atoms with Gasteiger partial charge in [-0.25, -0.2) is 0 Å². The number of hydrogen-bond acceptors (Lipinski definition) is 6. The van der Waals surface area contributed by atoms with Crippen molar-refractivity contribution >= 4 is 0 Å². The monoisotopic (exact) mass is 380 g/mol. The summed E-state index contributed by atoms with van der Waals surface area (Å²) < 4.78 is 23.3. The lowest BCUT2D eigenvalue weighted by Crippen LogP contribution is -2.48. The Bertz CT molecular complexity index is 511. The molecule has 2 unspecified atom stereocenters. The molecule has 3 rings (SSSR count). The fraction of sp³-hybridized carbons (Fsp3) is 0.952. The maximum absolute atomic E-state index is 8.99. The number of rotatable bonds is 11. The van der Waals surface area contributed by atoms with E-state index in [1.165, 1.54) is 12.8 Å². The average molecular weight is 381 g/mol. The van der Waals surface area contributed by atoms with Crippen molar-refractivity contribution in [2.45, 2.75) is 64.8 Å². The third-order valence-electron chi connectivity index (χ3n) is 6.00. The quantitative estimate of drug-likeness (QED) is 0.549. The van der Waals surface area contributed by atoms with Crippen LogP contribution in [0.15, 0.2) is 0 Å². The normalized spacial score (nSPS) is 27.7. The van der Waals surface area contributed by atoms with E-state index in [2.05, 4.69) is 31.7 Å². The fourth-order valence-electron chi connectivity index (χ4n) is 3.96. The molecular weight excluding hydrogens is 344 g/mol. The maximum Gasteiger partial charge on any atom is 0.0727 e. The second kappa shape index (κ2) is 9.19. The summed E-state index contributed by atoms with van der Waals surface area (Å²) in [5, 5.41) is 8.99. The molecule has 1 aliphatic carbocycles. The van der Waals surface area contributed by atoms with Gasteiger partial charge >= 0.3 is 0 Å². The molecule has 0 aromatic rings. The summed E-state index contributed by atoms with van der Waals surface area (Å²) in [6.45, 7) is 13.0. The molecule has 0 spiro atoms. The third-order valence-corrected chi connectivity index (χ3v) is 6.00. The smallest absolute Gasteiger partial charge is 0.0727 e. The fourth-order valence-corrected chi connectivity index (χ4v) is 3.96. The zero-order valence-electron chi connectivity index (χ0n) is 17.2. The molecule has 0 N–H and O–H groups in total. The van der Waals surface area contributed by atoms with Gasteiger partial charge < -0.3 is 18.9 Å². The van der Waals surface area contributed by atoms with Crippen molar-refractivity contribution in [1.82, 2.24) is 4.90 Å². The second-order valence-electron chi connectivity index (χ2n) is 9.27. The summed E-state index contributed by atoms with van der Waals surface area (Å²) >= 11 is 0. The molecule has 3 fully saturated rings. The number of nitrogens with zero attached hydrogens (tertiary/aromatic N) is 2. The van der Waals surface area contributed by atoms with Gasteiger partial charge in [0.1, 0.15) is 0 Å². The van der Waals surface area contributed by atoms with Crippen LogP contribution in [-0.4, -0.2) is 75.9 Å². The van der Waals surface area contributed by atoms with Crippen molar-refractivity contribution in [2.24, 2.45) is 10.8 Å². The van der Waals surface area contributed by atoms with Gasteiger partial charge in [-0.2, -0.15) is 5.26 Å². The highest BCUT2D eigenvalue weighted by molar-refractivity contribution is 4.97. The number of hydrogen-bond donors (Lipinski definition) is 0. The van der Waals surface area contributed by atoms with Crippen LogP contribution in [0.4, 0.5) is 0 Å². The van der Waals surface area contributed by atoms with Crippen LogP contribution in [0.25, 0.3) is 0 Å². The van der Waals surface area contributed by atoms with Gasteiger partial charge in [0.05, 0.1) is 62.8 Å². The predicted octanol–water partition coefficient (Wildman–Crippen LogP) is 2.62. The van der Waals surface area contributed by atoms with E-state index in [-0.39, 0.29) is 17.6 Å². The van der Waals surface area contributed by atoms with Crippen LogP contribution in [0.2, 0.25) is 0 Å². The van der Waals surface area contributed by atoms with E-state index in [9.17, 15) is 0 Å². The summed E-state index contributed by atoms with van der Waals surface area (Å²) in [5.41, 5.74) is 0.291. The Hall–Kier alpha value is -0.710. The summed E-state index contributed by atoms with van der Waals surface area (Å²) in [4.78, 5) is 2.55. The lowest BCUT2D eigenvalue weighted by atomic mass is 9.84. The van der Waals surface area contributed by atoms with Crippen LogP contribution in [-0.2, 0) is 18.9 Å². The number of ether oxygens (including phenoxy) is 4. The largest absolute Gasteiger partial charge is 0.380 e. The lowest BCUT2D eigenvalue weighted by molar-refractivity contribution is -0.159. The van der Waals surface area contributed by atoms with Gasteiger partial charge in [0, 0.05) is 37.9 Å². The summed E-state index contributed by atoms with van der Waals surface area (Å²) in [6.07, 6.45) is 4.63. The van der Waals surface area contributed by atoms with Crippen LogP contribution in [0, 0.1) is 22.2 Å². The average Bonchev–Trinajstić information content (AvgIpc) is 3.35. The Morgan fingerprint density at radius 2 is 1.89 bits per heavy atom. The van der Waals surface area contributed by atoms with Crippen molar-refractivity contribution in [3.63, 3.8) is 0 Å². The van der Waals surface area contributed by atoms with E-state index in [0.717, 1.165) is 39.3 Å². The zero-order chi connectivity index (χ0) is 19.3. The Morgan fingerprint density at radius 3 is 2.48 bits per heavy atom. The molecule has 0 radical (unpaired) electrons. The van der Waals surface area contributed by atoms with Gasteiger partial charge in [0.15, 0.2) is 0 Å². The maximum atomic E-state index is 8.99.